The van der Waals surface area contributed by atoms with Gasteiger partial charge in [-0.25, -0.2) is 0 Å². The minimum atomic E-state index is -0.424. The normalized spacial score (nSPS) is 13.0. The molecule has 0 fully saturated rings. The van der Waals surface area contributed by atoms with Crippen molar-refractivity contribution in [1.29, 1.82) is 0 Å². The summed E-state index contributed by atoms with van der Waals surface area (Å²) in [6.07, 6.45) is 0. The van der Waals surface area contributed by atoms with Crippen LogP contribution >= 0.6 is 72.7 Å². The molecule has 0 N–H and O–H groups in total. The van der Waals surface area contributed by atoms with Crippen LogP contribution in [0, 0.1) is 0 Å². The number of halogens is 4. The fraction of sp³-hybridized carbons (Fsp3) is 0. The van der Waals surface area contributed by atoms with Gasteiger partial charge in [-0.2, -0.15) is 0 Å². The Morgan fingerprint density at radius 2 is 1.88 bits per heavy atom. The van der Waals surface area contributed by atoms with Gasteiger partial charge in [-0.05, 0) is 72.7 Å². The van der Waals surface area contributed by atoms with Crippen molar-refractivity contribution >= 4 is 78.0 Å². The molecule has 0 spiro atoms. The van der Waals surface area contributed by atoms with E-state index >= 15 is 0 Å². The lowest BCUT2D eigenvalue weighted by molar-refractivity contribution is -0.107. The lowest BCUT2D eigenvalue weighted by Crippen LogP contribution is -1.82. The van der Waals surface area contributed by atoms with Crippen molar-refractivity contribution in [2.24, 2.45) is 0 Å². The molecule has 0 amide bonds. The molecule has 0 radical (unpaired) electrons. The lowest BCUT2D eigenvalue weighted by atomic mass is 10.7. The third-order valence-corrected chi connectivity index (χ3v) is 4.58. The van der Waals surface area contributed by atoms with Gasteiger partial charge in [0.25, 0.3) is 5.24 Å². The highest BCUT2D eigenvalue weighted by Gasteiger charge is 2.03. The van der Waals surface area contributed by atoms with Gasteiger partial charge in [-0.3, -0.25) is 4.79 Å². The second-order valence-electron chi connectivity index (χ2n) is 0.848. The van der Waals surface area contributed by atoms with Crippen LogP contribution in [-0.2, 0) is 4.79 Å². The van der Waals surface area contributed by atoms with Crippen LogP contribution in [0.3, 0.4) is 0 Å². The molecule has 1 nitrogen and oxygen atoms in total. The Bertz CT molecular complexity index is 140. The predicted octanol–water partition coefficient (Wildman–Crippen LogP) is 3.19. The third kappa shape index (κ3) is 3.62. The predicted molar refractivity (Wildman–Crippen MR) is 54.9 cm³/mol. The molecule has 0 unspecified atom stereocenters. The summed E-state index contributed by atoms with van der Waals surface area (Å²) >= 11 is 12.0. The summed E-state index contributed by atoms with van der Waals surface area (Å²) in [7, 11) is 0. The largest absolute Gasteiger partial charge is 0.275 e. The van der Waals surface area contributed by atoms with E-state index in [4.69, 9.17) is 11.6 Å². The van der Waals surface area contributed by atoms with E-state index in [1.807, 2.05) is 45.2 Å². The van der Waals surface area contributed by atoms with Gasteiger partial charge in [-0.15, -0.1) is 0 Å². The minimum absolute atomic E-state index is 0.424. The fourth-order valence-electron chi connectivity index (χ4n) is 0.0743. The first-order valence-corrected chi connectivity index (χ1v) is 4.79. The molecular weight excluding hydrogens is 421 g/mol. The van der Waals surface area contributed by atoms with E-state index < -0.39 is 5.24 Å². The highest BCUT2D eigenvalue weighted by atomic mass is 127. The zero-order valence-electron chi connectivity index (χ0n) is 3.42. The molecule has 0 rings (SSSR count). The Morgan fingerprint density at radius 3 is 1.88 bits per heavy atom. The summed E-state index contributed by atoms with van der Waals surface area (Å²) < 4.78 is 1.26. The number of rotatable bonds is 1. The summed E-state index contributed by atoms with van der Waals surface area (Å²) in [5.41, 5.74) is 0. The first kappa shape index (κ1) is 9.64. The highest BCUT2D eigenvalue weighted by molar-refractivity contribution is 14.1. The van der Waals surface area contributed by atoms with Crippen LogP contribution in [-0.4, -0.2) is 5.24 Å². The molecule has 8 heavy (non-hydrogen) atoms. The molecule has 46 valence electrons. The fourth-order valence-corrected chi connectivity index (χ4v) is 0.867. The average molecular weight is 421 g/mol. The average Bonchev–Trinajstić information content (AvgIpc) is 1.64. The van der Waals surface area contributed by atoms with Crippen LogP contribution in [0.4, 0.5) is 0 Å². The zero-order chi connectivity index (χ0) is 6.73. The molecule has 0 bridgehead atoms. The highest BCUT2D eigenvalue weighted by Crippen LogP contribution is 2.25. The maximum atomic E-state index is 10.3. The zero-order valence-corrected chi connectivity index (χ0v) is 10.1. The Morgan fingerprint density at radius 1 is 1.50 bits per heavy atom. The van der Waals surface area contributed by atoms with Crippen LogP contribution in [0.2, 0.25) is 0 Å². The van der Waals surface area contributed by atoms with Crippen molar-refractivity contribution in [3.05, 3.63) is 6.07 Å². The number of carbonyl (C=O) groups excluding carboxylic acids is 1. The van der Waals surface area contributed by atoms with Gasteiger partial charge in [0.05, 0.1) is 6.07 Å². The first-order valence-electron chi connectivity index (χ1n) is 1.46. The van der Waals surface area contributed by atoms with Gasteiger partial charge >= 0.3 is 0 Å². The van der Waals surface area contributed by atoms with Gasteiger partial charge in [0.15, 0.2) is 0 Å². The molecule has 0 saturated carbocycles. The van der Waals surface area contributed by atoms with Gasteiger partial charge < -0.3 is 0 Å². The van der Waals surface area contributed by atoms with E-state index in [2.05, 4.69) is 15.9 Å². The summed E-state index contributed by atoms with van der Waals surface area (Å²) in [6, 6.07) is 0. The smallest absolute Gasteiger partial charge is 0.260 e. The molecule has 5 heteroatoms. The molecule has 0 heterocycles. The van der Waals surface area contributed by atoms with Crippen molar-refractivity contribution < 1.29 is 4.79 Å². The van der Waals surface area contributed by atoms with Gasteiger partial charge in [-0.1, -0.05) is 0 Å². The summed E-state index contributed by atoms with van der Waals surface area (Å²) in [5, 5.41) is -0.424. The molecule has 0 saturated heterocycles. The SMILES string of the molecule is O=C(Cl)/C(I)=C(/Br)I. The molecule has 0 aromatic heterocycles. The van der Waals surface area contributed by atoms with Crippen LogP contribution < -0.4 is 0 Å². The van der Waals surface area contributed by atoms with Crippen molar-refractivity contribution in [2.75, 3.05) is 0 Å². The summed E-state index contributed by atoms with van der Waals surface area (Å²) in [4.78, 5) is 10.3. The molecular formula is C3BrClI2O. The number of hydrogen-bond donors (Lipinski definition) is 0. The molecule has 0 aromatic rings. The molecule has 0 aromatic carbocycles. The summed E-state index contributed by atoms with van der Waals surface area (Å²) in [6.45, 7) is 0. The van der Waals surface area contributed by atoms with Crippen molar-refractivity contribution in [3.63, 3.8) is 0 Å². The molecule has 0 aliphatic heterocycles. The number of hydrogen-bond acceptors (Lipinski definition) is 1. The molecule has 0 aliphatic rings. The quantitative estimate of drug-likeness (QED) is 0.361. The third-order valence-electron chi connectivity index (χ3n) is 0.338. The Hall–Kier alpha value is 1.64. The second-order valence-corrected chi connectivity index (χ2v) is 5.62. The van der Waals surface area contributed by atoms with E-state index in [0.29, 0.717) is 3.58 Å². The monoisotopic (exact) mass is 420 g/mol. The van der Waals surface area contributed by atoms with Crippen LogP contribution in [0.15, 0.2) is 6.07 Å². The standard InChI is InChI=1S/C3BrClI2O/c4-2(7)1(6)3(5)8/b2-1+. The van der Waals surface area contributed by atoms with Gasteiger partial charge in [0.1, 0.15) is 0 Å². The maximum absolute atomic E-state index is 10.3. The van der Waals surface area contributed by atoms with E-state index in [1.165, 1.54) is 0 Å². The van der Waals surface area contributed by atoms with E-state index in [0.717, 1.165) is 2.49 Å². The molecule has 0 atom stereocenters. The summed E-state index contributed by atoms with van der Waals surface area (Å²) in [5.74, 6) is 0. The Balaban J connectivity index is 4.23. The minimum Gasteiger partial charge on any atom is -0.275 e. The van der Waals surface area contributed by atoms with Crippen LogP contribution in [0.25, 0.3) is 0 Å². The topological polar surface area (TPSA) is 17.1 Å². The van der Waals surface area contributed by atoms with E-state index in [9.17, 15) is 4.79 Å². The van der Waals surface area contributed by atoms with Crippen LogP contribution in [0.5, 0.6) is 0 Å². The van der Waals surface area contributed by atoms with Gasteiger partial charge in [0, 0.05) is 0 Å². The lowest BCUT2D eigenvalue weighted by Gasteiger charge is -1.86. The number of carbonyl (C=O) groups is 1. The van der Waals surface area contributed by atoms with Crippen molar-refractivity contribution in [1.82, 2.24) is 0 Å². The second kappa shape index (κ2) is 4.45. The Labute approximate surface area is 87.6 Å². The molecule has 0 aliphatic carbocycles. The number of allylic oxidation sites excluding steroid dienone is 1. The van der Waals surface area contributed by atoms with E-state index in [-0.39, 0.29) is 0 Å². The first-order chi connectivity index (χ1) is 3.55. The van der Waals surface area contributed by atoms with Crippen molar-refractivity contribution in [3.8, 4) is 0 Å². The van der Waals surface area contributed by atoms with Gasteiger partial charge in [0.2, 0.25) is 0 Å². The van der Waals surface area contributed by atoms with Crippen molar-refractivity contribution in [2.45, 2.75) is 0 Å². The van der Waals surface area contributed by atoms with E-state index in [1.54, 1.807) is 0 Å². The van der Waals surface area contributed by atoms with Crippen LogP contribution in [0.1, 0.15) is 0 Å². The Kier molecular flexibility index (Phi) is 5.37. The maximum Gasteiger partial charge on any atom is 0.260 e.